The number of hydrogen-bond donors (Lipinski definition) is 1. The number of rotatable bonds is 5. The highest BCUT2D eigenvalue weighted by Crippen LogP contribution is 2.23. The van der Waals surface area contributed by atoms with Gasteiger partial charge in [0.2, 0.25) is 21.1 Å². The molecule has 7 nitrogen and oxygen atoms in total. The van der Waals surface area contributed by atoms with Crippen molar-refractivity contribution in [3.63, 3.8) is 0 Å². The van der Waals surface area contributed by atoms with Crippen LogP contribution in [0.2, 0.25) is 0 Å². The third-order valence-corrected chi connectivity index (χ3v) is 5.36. The average Bonchev–Trinajstić information content (AvgIpc) is 2.96. The molecule has 1 amide bonds. The molecular formula is C12H20N4O3S2. The summed E-state index contributed by atoms with van der Waals surface area (Å²) in [6, 6.07) is -0.641. The molecule has 0 spiro atoms. The van der Waals surface area contributed by atoms with Crippen LogP contribution in [0.3, 0.4) is 0 Å². The molecule has 2 heterocycles. The maximum absolute atomic E-state index is 12.2. The zero-order valence-corrected chi connectivity index (χ0v) is 14.0. The molecule has 1 aromatic rings. The molecule has 0 bridgehead atoms. The number of sulfonamides is 1. The summed E-state index contributed by atoms with van der Waals surface area (Å²) in [4.78, 5) is 12.2. The van der Waals surface area contributed by atoms with Gasteiger partial charge in [-0.15, -0.1) is 10.2 Å². The topological polar surface area (TPSA) is 92.3 Å². The summed E-state index contributed by atoms with van der Waals surface area (Å²) < 4.78 is 24.5. The zero-order chi connectivity index (χ0) is 15.6. The van der Waals surface area contributed by atoms with Gasteiger partial charge in [0.25, 0.3) is 0 Å². The summed E-state index contributed by atoms with van der Waals surface area (Å²) in [5, 5.41) is 11.9. The SMILES string of the molecule is CC(C)Cc1nnc(NC(=O)C2CCCN2S(C)(=O)=O)s1. The van der Waals surface area contributed by atoms with Crippen molar-refractivity contribution in [1.82, 2.24) is 14.5 Å². The van der Waals surface area contributed by atoms with Gasteiger partial charge in [-0.1, -0.05) is 25.2 Å². The maximum atomic E-state index is 12.2. The van der Waals surface area contributed by atoms with E-state index in [1.165, 1.54) is 15.6 Å². The average molecular weight is 332 g/mol. The van der Waals surface area contributed by atoms with Crippen molar-refractivity contribution in [3.8, 4) is 0 Å². The highest BCUT2D eigenvalue weighted by Gasteiger charge is 2.36. The van der Waals surface area contributed by atoms with E-state index in [0.29, 0.717) is 30.4 Å². The van der Waals surface area contributed by atoms with Crippen molar-refractivity contribution >= 4 is 32.4 Å². The molecule has 118 valence electrons. The van der Waals surface area contributed by atoms with Crippen LogP contribution in [0.4, 0.5) is 5.13 Å². The van der Waals surface area contributed by atoms with Gasteiger partial charge in [-0.25, -0.2) is 8.42 Å². The van der Waals surface area contributed by atoms with Crippen LogP contribution < -0.4 is 5.32 Å². The molecular weight excluding hydrogens is 312 g/mol. The third kappa shape index (κ3) is 4.21. The van der Waals surface area contributed by atoms with Crippen LogP contribution in [0, 0.1) is 5.92 Å². The Morgan fingerprint density at radius 3 is 2.81 bits per heavy atom. The number of aromatic nitrogens is 2. The van der Waals surface area contributed by atoms with Gasteiger partial charge >= 0.3 is 0 Å². The first kappa shape index (κ1) is 16.3. The van der Waals surface area contributed by atoms with E-state index in [-0.39, 0.29) is 5.91 Å². The largest absolute Gasteiger partial charge is 0.299 e. The van der Waals surface area contributed by atoms with Gasteiger partial charge in [0.1, 0.15) is 11.0 Å². The van der Waals surface area contributed by atoms with Crippen molar-refractivity contribution < 1.29 is 13.2 Å². The lowest BCUT2D eigenvalue weighted by atomic mass is 10.1. The second kappa shape index (κ2) is 6.37. The summed E-state index contributed by atoms with van der Waals surface area (Å²) in [6.07, 6.45) is 3.17. The minimum absolute atomic E-state index is 0.329. The van der Waals surface area contributed by atoms with Crippen LogP contribution in [-0.2, 0) is 21.2 Å². The highest BCUT2D eigenvalue weighted by atomic mass is 32.2. The molecule has 1 aromatic heterocycles. The van der Waals surface area contributed by atoms with Gasteiger partial charge < -0.3 is 0 Å². The summed E-state index contributed by atoms with van der Waals surface area (Å²) in [6.45, 7) is 4.57. The van der Waals surface area contributed by atoms with Gasteiger partial charge in [0.05, 0.1) is 6.26 Å². The normalized spacial score (nSPS) is 20.1. The van der Waals surface area contributed by atoms with Gasteiger partial charge in [-0.2, -0.15) is 4.31 Å². The molecule has 1 atom stereocenters. The first-order chi connectivity index (χ1) is 9.77. The standard InChI is InChI=1S/C12H20N4O3S2/c1-8(2)7-10-14-15-12(20-10)13-11(17)9-5-4-6-16(9)21(3,18)19/h8-9H,4-7H2,1-3H3,(H,13,15,17). The molecule has 0 saturated carbocycles. The highest BCUT2D eigenvalue weighted by molar-refractivity contribution is 7.88. The number of nitrogens with zero attached hydrogens (tertiary/aromatic N) is 3. The quantitative estimate of drug-likeness (QED) is 0.871. The summed E-state index contributed by atoms with van der Waals surface area (Å²) >= 11 is 1.33. The van der Waals surface area contributed by atoms with Crippen LogP contribution in [0.5, 0.6) is 0 Å². The van der Waals surface area contributed by atoms with Gasteiger partial charge in [-0.05, 0) is 18.8 Å². The van der Waals surface area contributed by atoms with Crippen molar-refractivity contribution in [3.05, 3.63) is 5.01 Å². The minimum atomic E-state index is -3.36. The third-order valence-electron chi connectivity index (χ3n) is 3.21. The zero-order valence-electron chi connectivity index (χ0n) is 12.4. The molecule has 1 fully saturated rings. The van der Waals surface area contributed by atoms with Gasteiger partial charge in [0, 0.05) is 13.0 Å². The summed E-state index contributed by atoms with van der Waals surface area (Å²) in [5.74, 6) is 0.141. The van der Waals surface area contributed by atoms with E-state index in [1.54, 1.807) is 0 Å². The first-order valence-electron chi connectivity index (χ1n) is 6.87. The Kier molecular flexibility index (Phi) is 4.95. The fraction of sp³-hybridized carbons (Fsp3) is 0.750. The second-order valence-electron chi connectivity index (χ2n) is 5.62. The summed E-state index contributed by atoms with van der Waals surface area (Å²) in [7, 11) is -3.36. The first-order valence-corrected chi connectivity index (χ1v) is 9.54. The van der Waals surface area contributed by atoms with E-state index in [4.69, 9.17) is 0 Å². The smallest absolute Gasteiger partial charge is 0.244 e. The lowest BCUT2D eigenvalue weighted by Crippen LogP contribution is -2.42. The second-order valence-corrected chi connectivity index (χ2v) is 8.62. The number of carbonyl (C=O) groups excluding carboxylic acids is 1. The Hall–Kier alpha value is -1.06. The molecule has 1 aliphatic rings. The predicted octanol–water partition coefficient (Wildman–Crippen LogP) is 1.10. The fourth-order valence-electron chi connectivity index (χ4n) is 2.32. The molecule has 1 N–H and O–H groups in total. The van der Waals surface area contributed by atoms with E-state index >= 15 is 0 Å². The number of nitrogens with one attached hydrogen (secondary N) is 1. The molecule has 9 heteroatoms. The lowest BCUT2D eigenvalue weighted by molar-refractivity contribution is -0.119. The van der Waals surface area contributed by atoms with Gasteiger partial charge in [-0.3, -0.25) is 10.1 Å². The van der Waals surface area contributed by atoms with Crippen LogP contribution in [0.15, 0.2) is 0 Å². The van der Waals surface area contributed by atoms with E-state index in [9.17, 15) is 13.2 Å². The Labute approximate surface area is 128 Å². The number of anilines is 1. The van der Waals surface area contributed by atoms with Crippen LogP contribution >= 0.6 is 11.3 Å². The van der Waals surface area contributed by atoms with Crippen LogP contribution in [0.25, 0.3) is 0 Å². The van der Waals surface area contributed by atoms with Crippen molar-refractivity contribution in [2.24, 2.45) is 5.92 Å². The predicted molar refractivity (Wildman–Crippen MR) is 81.7 cm³/mol. The molecule has 2 rings (SSSR count). The van der Waals surface area contributed by atoms with Crippen LogP contribution in [0.1, 0.15) is 31.7 Å². The monoisotopic (exact) mass is 332 g/mol. The number of carbonyl (C=O) groups is 1. The van der Waals surface area contributed by atoms with E-state index < -0.39 is 16.1 Å². The number of amides is 1. The minimum Gasteiger partial charge on any atom is -0.299 e. The molecule has 1 saturated heterocycles. The lowest BCUT2D eigenvalue weighted by Gasteiger charge is -2.20. The van der Waals surface area contributed by atoms with Gasteiger partial charge in [0.15, 0.2) is 0 Å². The molecule has 0 radical (unpaired) electrons. The van der Waals surface area contributed by atoms with E-state index in [1.807, 2.05) is 0 Å². The van der Waals surface area contributed by atoms with Crippen molar-refractivity contribution in [2.45, 2.75) is 39.2 Å². The summed E-state index contributed by atoms with van der Waals surface area (Å²) in [5.41, 5.74) is 0. The van der Waals surface area contributed by atoms with E-state index in [0.717, 1.165) is 17.7 Å². The van der Waals surface area contributed by atoms with Crippen molar-refractivity contribution in [1.29, 1.82) is 0 Å². The Balaban J connectivity index is 2.02. The molecule has 0 aromatic carbocycles. The Morgan fingerprint density at radius 2 is 2.19 bits per heavy atom. The van der Waals surface area contributed by atoms with E-state index in [2.05, 4.69) is 29.4 Å². The molecule has 21 heavy (non-hydrogen) atoms. The Bertz CT molecular complexity index is 612. The molecule has 0 aliphatic carbocycles. The maximum Gasteiger partial charge on any atom is 0.244 e. The Morgan fingerprint density at radius 1 is 1.48 bits per heavy atom. The fourth-order valence-corrected chi connectivity index (χ4v) is 4.40. The molecule has 1 aliphatic heterocycles. The van der Waals surface area contributed by atoms with Crippen molar-refractivity contribution in [2.75, 3.05) is 18.1 Å². The van der Waals surface area contributed by atoms with Crippen LogP contribution in [-0.4, -0.2) is 47.7 Å². The number of hydrogen-bond acceptors (Lipinski definition) is 6. The molecule has 1 unspecified atom stereocenters.